The van der Waals surface area contributed by atoms with Gasteiger partial charge in [-0.15, -0.1) is 0 Å². The number of aliphatic imine (C=N–C) groups is 2. The predicted molar refractivity (Wildman–Crippen MR) is 48.9 cm³/mol. The van der Waals surface area contributed by atoms with Crippen molar-refractivity contribution in [1.82, 2.24) is 4.98 Å². The zero-order valence-electron chi connectivity index (χ0n) is 7.23. The molecule has 0 fully saturated rings. The Balaban J connectivity index is 2.70. The minimum atomic E-state index is 0.241. The van der Waals surface area contributed by atoms with Crippen LogP contribution in [0.3, 0.4) is 0 Å². The van der Waals surface area contributed by atoms with Crippen molar-refractivity contribution in [1.29, 1.82) is 0 Å². The van der Waals surface area contributed by atoms with Gasteiger partial charge in [0.25, 0.3) is 0 Å². The first-order valence-electron chi connectivity index (χ1n) is 3.84. The highest BCUT2D eigenvalue weighted by atomic mass is 14.8. The Morgan fingerprint density at radius 2 is 2.33 bits per heavy atom. The smallest absolute Gasteiger partial charge is 0.0952 e. The van der Waals surface area contributed by atoms with Gasteiger partial charge in [0.1, 0.15) is 0 Å². The van der Waals surface area contributed by atoms with Crippen LogP contribution in [0.2, 0.25) is 0 Å². The van der Waals surface area contributed by atoms with Gasteiger partial charge in [0, 0.05) is 6.20 Å². The van der Waals surface area contributed by atoms with Gasteiger partial charge in [-0.3, -0.25) is 4.98 Å². The molecule has 0 N–H and O–H groups in total. The molecule has 0 atom stereocenters. The maximum atomic E-state index is 3.98. The highest BCUT2D eigenvalue weighted by Gasteiger charge is 1.83. The lowest BCUT2D eigenvalue weighted by Crippen LogP contribution is -1.84. The van der Waals surface area contributed by atoms with Crippen LogP contribution in [0, 0.1) is 0 Å². The number of rotatable bonds is 2. The van der Waals surface area contributed by atoms with Crippen LogP contribution >= 0.6 is 0 Å². The molecule has 0 aliphatic heterocycles. The molecule has 1 aromatic rings. The Labute approximate surface area is 71.9 Å². The van der Waals surface area contributed by atoms with Crippen molar-refractivity contribution in [2.75, 3.05) is 0 Å². The molecule has 0 radical (unpaired) electrons. The van der Waals surface area contributed by atoms with Crippen LogP contribution in [0.1, 0.15) is 13.8 Å². The molecular weight excluding hydrogens is 150 g/mol. The molecule has 0 saturated heterocycles. The molecule has 0 spiro atoms. The summed E-state index contributed by atoms with van der Waals surface area (Å²) in [4.78, 5) is 11.8. The van der Waals surface area contributed by atoms with Gasteiger partial charge in [-0.2, -0.15) is 4.99 Å². The van der Waals surface area contributed by atoms with E-state index in [1.165, 1.54) is 0 Å². The van der Waals surface area contributed by atoms with E-state index in [0.717, 1.165) is 5.69 Å². The van der Waals surface area contributed by atoms with Crippen molar-refractivity contribution in [2.24, 2.45) is 9.98 Å². The molecule has 3 heteroatoms. The first-order valence-corrected chi connectivity index (χ1v) is 3.84. The average Bonchev–Trinajstić information content (AvgIpc) is 2.05. The van der Waals surface area contributed by atoms with Gasteiger partial charge in [0.15, 0.2) is 0 Å². The number of nitrogens with zero attached hydrogens (tertiary/aromatic N) is 3. The lowest BCUT2D eigenvalue weighted by molar-refractivity contribution is 0.841. The molecule has 0 unspecified atom stereocenters. The lowest BCUT2D eigenvalue weighted by Gasteiger charge is -1.87. The molecule has 1 heterocycles. The summed E-state index contributed by atoms with van der Waals surface area (Å²) in [5, 5.41) is 0. The Bertz CT molecular complexity index is 284. The van der Waals surface area contributed by atoms with E-state index in [1.54, 1.807) is 12.4 Å². The number of aromatic nitrogens is 1. The van der Waals surface area contributed by atoms with E-state index in [1.807, 2.05) is 26.0 Å². The fourth-order valence-corrected chi connectivity index (χ4v) is 0.622. The van der Waals surface area contributed by atoms with Crippen molar-refractivity contribution in [3.63, 3.8) is 0 Å². The van der Waals surface area contributed by atoms with Crippen LogP contribution in [-0.4, -0.2) is 17.0 Å². The summed E-state index contributed by atoms with van der Waals surface area (Å²) < 4.78 is 0. The summed E-state index contributed by atoms with van der Waals surface area (Å²) >= 11 is 0. The lowest BCUT2D eigenvalue weighted by atomic mass is 10.4. The Morgan fingerprint density at radius 1 is 1.50 bits per heavy atom. The minimum absolute atomic E-state index is 0.241. The van der Waals surface area contributed by atoms with Crippen LogP contribution < -0.4 is 0 Å². The average molecular weight is 161 g/mol. The molecule has 1 aromatic heterocycles. The second-order valence-corrected chi connectivity index (χ2v) is 2.65. The third-order valence-electron chi connectivity index (χ3n) is 1.14. The van der Waals surface area contributed by atoms with Gasteiger partial charge in [-0.1, -0.05) is 0 Å². The Kier molecular flexibility index (Phi) is 3.17. The molecule has 1 rings (SSSR count). The maximum Gasteiger partial charge on any atom is 0.0952 e. The normalized spacial score (nSPS) is 9.25. The van der Waals surface area contributed by atoms with Crippen molar-refractivity contribution in [2.45, 2.75) is 19.9 Å². The Hall–Kier alpha value is -1.47. The van der Waals surface area contributed by atoms with Crippen LogP contribution in [0.15, 0.2) is 34.5 Å². The molecule has 12 heavy (non-hydrogen) atoms. The Morgan fingerprint density at radius 3 is 2.92 bits per heavy atom. The summed E-state index contributed by atoms with van der Waals surface area (Å²) in [6.45, 7) is 3.96. The highest BCUT2D eigenvalue weighted by Crippen LogP contribution is 2.05. The van der Waals surface area contributed by atoms with E-state index >= 15 is 0 Å². The fourth-order valence-electron chi connectivity index (χ4n) is 0.622. The predicted octanol–water partition coefficient (Wildman–Crippen LogP) is 2.30. The zero-order chi connectivity index (χ0) is 8.81. The largest absolute Gasteiger partial charge is 0.262 e. The molecule has 0 amide bonds. The first-order chi connectivity index (χ1) is 5.79. The second kappa shape index (κ2) is 4.42. The quantitative estimate of drug-likeness (QED) is 0.613. The van der Waals surface area contributed by atoms with Gasteiger partial charge >= 0.3 is 0 Å². The van der Waals surface area contributed by atoms with Crippen LogP contribution in [0.25, 0.3) is 0 Å². The van der Waals surface area contributed by atoms with Crippen molar-refractivity contribution in [3.05, 3.63) is 24.5 Å². The van der Waals surface area contributed by atoms with Gasteiger partial charge in [-0.05, 0) is 26.0 Å². The van der Waals surface area contributed by atoms with E-state index in [2.05, 4.69) is 21.0 Å². The zero-order valence-corrected chi connectivity index (χ0v) is 7.23. The number of pyridine rings is 1. The molecular formula is C9H11N3. The van der Waals surface area contributed by atoms with E-state index in [9.17, 15) is 0 Å². The summed E-state index contributed by atoms with van der Waals surface area (Å²) in [6, 6.07) is 6.54. The van der Waals surface area contributed by atoms with E-state index in [-0.39, 0.29) is 6.04 Å². The molecule has 0 bridgehead atoms. The van der Waals surface area contributed by atoms with E-state index in [0.29, 0.717) is 0 Å². The summed E-state index contributed by atoms with van der Waals surface area (Å²) in [5.74, 6) is 0. The van der Waals surface area contributed by atoms with Crippen molar-refractivity contribution in [3.8, 4) is 0 Å². The molecule has 0 aromatic carbocycles. The molecule has 3 nitrogen and oxygen atoms in total. The summed E-state index contributed by atoms with van der Waals surface area (Å²) in [5.41, 5.74) is 0.780. The summed E-state index contributed by atoms with van der Waals surface area (Å²) in [6.07, 6.45) is 3.38. The molecule has 0 aliphatic rings. The summed E-state index contributed by atoms with van der Waals surface area (Å²) in [7, 11) is 0. The highest BCUT2D eigenvalue weighted by molar-refractivity contribution is 5.51. The van der Waals surface area contributed by atoms with Crippen LogP contribution in [0.4, 0.5) is 5.69 Å². The SMILES string of the molecule is CC(C)N=C=Nc1cccnc1. The van der Waals surface area contributed by atoms with E-state index < -0.39 is 0 Å². The molecule has 0 saturated carbocycles. The van der Waals surface area contributed by atoms with Gasteiger partial charge in [0.05, 0.1) is 23.9 Å². The third-order valence-corrected chi connectivity index (χ3v) is 1.14. The number of hydrogen-bond acceptors (Lipinski definition) is 3. The maximum absolute atomic E-state index is 3.98. The monoisotopic (exact) mass is 161 g/mol. The van der Waals surface area contributed by atoms with Gasteiger partial charge in [-0.25, -0.2) is 4.99 Å². The topological polar surface area (TPSA) is 37.6 Å². The van der Waals surface area contributed by atoms with Crippen LogP contribution in [-0.2, 0) is 0 Å². The first kappa shape index (κ1) is 8.62. The minimum Gasteiger partial charge on any atom is -0.262 e. The fraction of sp³-hybridized carbons (Fsp3) is 0.333. The van der Waals surface area contributed by atoms with Crippen LogP contribution in [0.5, 0.6) is 0 Å². The molecule has 62 valence electrons. The van der Waals surface area contributed by atoms with Gasteiger partial charge in [0.2, 0.25) is 0 Å². The molecule has 0 aliphatic carbocycles. The van der Waals surface area contributed by atoms with Gasteiger partial charge < -0.3 is 0 Å². The second-order valence-electron chi connectivity index (χ2n) is 2.65. The van der Waals surface area contributed by atoms with E-state index in [4.69, 9.17) is 0 Å². The number of hydrogen-bond donors (Lipinski definition) is 0. The standard InChI is InChI=1S/C9H11N3/c1-8(2)11-7-12-9-4-3-5-10-6-9/h3-6,8H,1-2H3. The third kappa shape index (κ3) is 3.08. The van der Waals surface area contributed by atoms with Crippen molar-refractivity contribution >= 4 is 11.7 Å². The van der Waals surface area contributed by atoms with Crippen molar-refractivity contribution < 1.29 is 0 Å².